The maximum Gasteiger partial charge on any atom is 0.0741 e. The minimum Gasteiger partial charge on any atom is -0.391 e. The molecule has 4 rings (SSSR count). The summed E-state index contributed by atoms with van der Waals surface area (Å²) in [6.45, 7) is 0. The van der Waals surface area contributed by atoms with Crippen LogP contribution in [0.2, 0.25) is 0 Å². The Labute approximate surface area is 119 Å². The molecule has 2 aliphatic rings. The molecule has 0 spiro atoms. The molecule has 0 bridgehead atoms. The second-order valence-electron chi connectivity index (χ2n) is 5.95. The summed E-state index contributed by atoms with van der Waals surface area (Å²) in [4.78, 5) is 0. The zero-order valence-electron chi connectivity index (χ0n) is 11.5. The van der Waals surface area contributed by atoms with E-state index >= 15 is 0 Å². The SMILES string of the molecule is O[C@@H]1CCC[C@H]1Nc1ccc2c(c1)Cc1ccccc1-2. The van der Waals surface area contributed by atoms with Crippen molar-refractivity contribution in [3.05, 3.63) is 53.6 Å². The lowest BCUT2D eigenvalue weighted by Gasteiger charge is -2.18. The summed E-state index contributed by atoms with van der Waals surface area (Å²) in [5, 5.41) is 13.4. The first-order chi connectivity index (χ1) is 9.81. The zero-order chi connectivity index (χ0) is 13.5. The molecule has 2 aliphatic carbocycles. The minimum atomic E-state index is -0.194. The van der Waals surface area contributed by atoms with Crippen LogP contribution in [0.15, 0.2) is 42.5 Å². The van der Waals surface area contributed by atoms with Crippen LogP contribution in [0.4, 0.5) is 5.69 Å². The quantitative estimate of drug-likeness (QED) is 0.742. The number of fused-ring (bicyclic) bond motifs is 3. The second kappa shape index (κ2) is 4.64. The van der Waals surface area contributed by atoms with Gasteiger partial charge in [-0.25, -0.2) is 0 Å². The predicted molar refractivity (Wildman–Crippen MR) is 82.0 cm³/mol. The normalized spacial score (nSPS) is 23.4. The van der Waals surface area contributed by atoms with Crippen molar-refractivity contribution in [2.24, 2.45) is 0 Å². The van der Waals surface area contributed by atoms with E-state index in [0.717, 1.165) is 31.4 Å². The lowest BCUT2D eigenvalue weighted by atomic mass is 10.1. The predicted octanol–water partition coefficient (Wildman–Crippen LogP) is 3.58. The number of aliphatic hydroxyl groups is 1. The lowest BCUT2D eigenvalue weighted by Crippen LogP contribution is -2.27. The number of aliphatic hydroxyl groups excluding tert-OH is 1. The highest BCUT2D eigenvalue weighted by Gasteiger charge is 2.25. The van der Waals surface area contributed by atoms with Crippen molar-refractivity contribution < 1.29 is 5.11 Å². The summed E-state index contributed by atoms with van der Waals surface area (Å²) in [5.74, 6) is 0. The van der Waals surface area contributed by atoms with Crippen molar-refractivity contribution in [3.63, 3.8) is 0 Å². The number of anilines is 1. The molecular formula is C18H19NO. The number of benzene rings is 2. The van der Waals surface area contributed by atoms with E-state index < -0.39 is 0 Å². The van der Waals surface area contributed by atoms with Crippen LogP contribution in [-0.2, 0) is 6.42 Å². The van der Waals surface area contributed by atoms with Gasteiger partial charge in [-0.1, -0.05) is 30.3 Å². The fourth-order valence-corrected chi connectivity index (χ4v) is 3.56. The van der Waals surface area contributed by atoms with Crippen molar-refractivity contribution in [2.45, 2.75) is 37.8 Å². The summed E-state index contributed by atoms with van der Waals surface area (Å²) in [5.41, 5.74) is 6.68. The van der Waals surface area contributed by atoms with Gasteiger partial charge in [-0.2, -0.15) is 0 Å². The molecule has 0 unspecified atom stereocenters. The molecule has 2 aromatic carbocycles. The van der Waals surface area contributed by atoms with Crippen LogP contribution in [0.3, 0.4) is 0 Å². The molecule has 20 heavy (non-hydrogen) atoms. The molecule has 0 aliphatic heterocycles. The van der Waals surface area contributed by atoms with Crippen LogP contribution in [0.25, 0.3) is 11.1 Å². The molecule has 2 N–H and O–H groups in total. The molecule has 1 saturated carbocycles. The average Bonchev–Trinajstić information content (AvgIpc) is 3.02. The molecule has 0 amide bonds. The van der Waals surface area contributed by atoms with Crippen molar-refractivity contribution in [2.75, 3.05) is 5.32 Å². The Balaban J connectivity index is 1.62. The standard InChI is InChI=1S/C18H19NO/c20-18-7-3-6-17(18)19-14-8-9-16-13(11-14)10-12-4-1-2-5-15(12)16/h1-2,4-5,8-9,11,17-20H,3,6-7,10H2/t17-,18-/m1/s1. The Kier molecular flexibility index (Phi) is 2.78. The van der Waals surface area contributed by atoms with Gasteiger partial charge in [0.1, 0.15) is 0 Å². The zero-order valence-corrected chi connectivity index (χ0v) is 11.5. The summed E-state index contributed by atoms with van der Waals surface area (Å²) in [6, 6.07) is 15.5. The van der Waals surface area contributed by atoms with Crippen molar-refractivity contribution in [1.82, 2.24) is 0 Å². The van der Waals surface area contributed by atoms with Gasteiger partial charge in [0, 0.05) is 5.69 Å². The molecular weight excluding hydrogens is 246 g/mol. The van der Waals surface area contributed by atoms with E-state index in [2.05, 4.69) is 47.8 Å². The van der Waals surface area contributed by atoms with Crippen LogP contribution in [-0.4, -0.2) is 17.3 Å². The van der Waals surface area contributed by atoms with Gasteiger partial charge < -0.3 is 10.4 Å². The summed E-state index contributed by atoms with van der Waals surface area (Å²) in [7, 11) is 0. The maximum atomic E-state index is 9.92. The van der Waals surface area contributed by atoms with E-state index in [4.69, 9.17) is 0 Å². The highest BCUT2D eigenvalue weighted by Crippen LogP contribution is 2.38. The van der Waals surface area contributed by atoms with E-state index in [1.807, 2.05) is 0 Å². The van der Waals surface area contributed by atoms with E-state index in [1.165, 1.54) is 22.3 Å². The topological polar surface area (TPSA) is 32.3 Å². The smallest absolute Gasteiger partial charge is 0.0741 e. The van der Waals surface area contributed by atoms with Crippen molar-refractivity contribution >= 4 is 5.69 Å². The molecule has 0 heterocycles. The molecule has 2 aromatic rings. The first kappa shape index (κ1) is 12.0. The largest absolute Gasteiger partial charge is 0.391 e. The molecule has 2 heteroatoms. The van der Waals surface area contributed by atoms with E-state index in [1.54, 1.807) is 0 Å². The Hall–Kier alpha value is -1.80. The number of nitrogens with one attached hydrogen (secondary N) is 1. The Bertz CT molecular complexity index is 650. The Morgan fingerprint density at radius 3 is 2.65 bits per heavy atom. The number of hydrogen-bond donors (Lipinski definition) is 2. The molecule has 2 atom stereocenters. The van der Waals surface area contributed by atoms with Crippen LogP contribution in [0, 0.1) is 0 Å². The Morgan fingerprint density at radius 1 is 0.950 bits per heavy atom. The van der Waals surface area contributed by atoms with Crippen LogP contribution in [0.1, 0.15) is 30.4 Å². The second-order valence-corrected chi connectivity index (χ2v) is 5.95. The third kappa shape index (κ3) is 1.92. The molecule has 0 aromatic heterocycles. The molecule has 0 radical (unpaired) electrons. The minimum absolute atomic E-state index is 0.194. The molecule has 102 valence electrons. The van der Waals surface area contributed by atoms with Gasteiger partial charge >= 0.3 is 0 Å². The van der Waals surface area contributed by atoms with E-state index in [0.29, 0.717) is 0 Å². The highest BCUT2D eigenvalue weighted by atomic mass is 16.3. The number of hydrogen-bond acceptors (Lipinski definition) is 2. The van der Waals surface area contributed by atoms with Crippen molar-refractivity contribution in [1.29, 1.82) is 0 Å². The highest BCUT2D eigenvalue weighted by molar-refractivity contribution is 5.78. The molecule has 0 saturated heterocycles. The van der Waals surface area contributed by atoms with Gasteiger partial charge in [0.15, 0.2) is 0 Å². The van der Waals surface area contributed by atoms with Crippen LogP contribution >= 0.6 is 0 Å². The van der Waals surface area contributed by atoms with Crippen LogP contribution in [0.5, 0.6) is 0 Å². The Morgan fingerprint density at radius 2 is 1.80 bits per heavy atom. The summed E-state index contributed by atoms with van der Waals surface area (Å²) in [6.07, 6.45) is 3.94. The maximum absolute atomic E-state index is 9.92. The van der Waals surface area contributed by atoms with Gasteiger partial charge in [-0.3, -0.25) is 0 Å². The third-order valence-electron chi connectivity index (χ3n) is 4.63. The van der Waals surface area contributed by atoms with Gasteiger partial charge in [-0.05, 0) is 60.1 Å². The van der Waals surface area contributed by atoms with Crippen LogP contribution < -0.4 is 5.32 Å². The van der Waals surface area contributed by atoms with E-state index in [9.17, 15) is 5.11 Å². The van der Waals surface area contributed by atoms with Gasteiger partial charge in [0.2, 0.25) is 0 Å². The van der Waals surface area contributed by atoms with Crippen molar-refractivity contribution in [3.8, 4) is 11.1 Å². The lowest BCUT2D eigenvalue weighted by molar-refractivity contribution is 0.172. The van der Waals surface area contributed by atoms with E-state index in [-0.39, 0.29) is 12.1 Å². The summed E-state index contributed by atoms with van der Waals surface area (Å²) < 4.78 is 0. The monoisotopic (exact) mass is 265 g/mol. The van der Waals surface area contributed by atoms with Gasteiger partial charge in [0.25, 0.3) is 0 Å². The van der Waals surface area contributed by atoms with Gasteiger partial charge in [0.05, 0.1) is 12.1 Å². The first-order valence-electron chi connectivity index (χ1n) is 7.47. The first-order valence-corrected chi connectivity index (χ1v) is 7.47. The fourth-order valence-electron chi connectivity index (χ4n) is 3.56. The van der Waals surface area contributed by atoms with Gasteiger partial charge in [-0.15, -0.1) is 0 Å². The number of rotatable bonds is 2. The average molecular weight is 265 g/mol. The molecule has 1 fully saturated rings. The summed E-state index contributed by atoms with van der Waals surface area (Å²) >= 11 is 0. The molecule has 2 nitrogen and oxygen atoms in total. The third-order valence-corrected chi connectivity index (χ3v) is 4.63. The fraction of sp³-hybridized carbons (Fsp3) is 0.333.